The molecule has 1 aromatic rings. The zero-order valence-corrected chi connectivity index (χ0v) is 24.2. The Balaban J connectivity index is 2.59. The van der Waals surface area contributed by atoms with E-state index in [-0.39, 0.29) is 49.5 Å². The number of anilines is 1. The van der Waals surface area contributed by atoms with Gasteiger partial charge in [0.25, 0.3) is 6.47 Å². The van der Waals surface area contributed by atoms with Gasteiger partial charge in [0.15, 0.2) is 0 Å². The molecule has 0 bridgehead atoms. The standard InChI is InChI=1S/C29H44N4O8/c1-4-5-9-23(28(39)31-22-13-11-21(12-14-22)18-41-19-34)32-29(40)27(20(2)3)33-25(36)10-7-6-8-17-30-24(35)15-16-26(37)38/h11-14,19-20,23,27H,4-10,15-18H2,1-3H3,(H,30,35)(H,31,39)(H,32,40)(H,33,36)(H,37,38)/t23-,27?/m0/s1. The van der Waals surface area contributed by atoms with E-state index in [2.05, 4.69) is 21.3 Å². The number of benzene rings is 1. The molecule has 41 heavy (non-hydrogen) atoms. The fourth-order valence-electron chi connectivity index (χ4n) is 3.89. The maximum atomic E-state index is 13.1. The Kier molecular flexibility index (Phi) is 17.1. The molecule has 0 fully saturated rings. The highest BCUT2D eigenvalue weighted by molar-refractivity contribution is 5.98. The second-order valence-electron chi connectivity index (χ2n) is 10.1. The van der Waals surface area contributed by atoms with E-state index in [4.69, 9.17) is 9.84 Å². The minimum atomic E-state index is -1.02. The van der Waals surface area contributed by atoms with Gasteiger partial charge in [0.2, 0.25) is 23.6 Å². The van der Waals surface area contributed by atoms with Crippen LogP contribution in [0.4, 0.5) is 5.69 Å². The lowest BCUT2D eigenvalue weighted by molar-refractivity contribution is -0.138. The first kappa shape index (κ1) is 35.1. The third kappa shape index (κ3) is 15.4. The molecule has 0 aliphatic heterocycles. The summed E-state index contributed by atoms with van der Waals surface area (Å²) in [4.78, 5) is 71.1. The van der Waals surface area contributed by atoms with Crippen LogP contribution in [-0.4, -0.2) is 59.8 Å². The zero-order chi connectivity index (χ0) is 30.6. The molecule has 0 heterocycles. The number of ether oxygens (including phenoxy) is 1. The predicted molar refractivity (Wildman–Crippen MR) is 152 cm³/mol. The highest BCUT2D eigenvalue weighted by Gasteiger charge is 2.28. The summed E-state index contributed by atoms with van der Waals surface area (Å²) in [6.07, 6.45) is 3.80. The molecule has 1 rings (SSSR count). The molecule has 1 unspecified atom stereocenters. The van der Waals surface area contributed by atoms with Crippen molar-refractivity contribution in [2.45, 2.75) is 97.2 Å². The Hall–Kier alpha value is -3.96. The van der Waals surface area contributed by atoms with Crippen LogP contribution in [0.3, 0.4) is 0 Å². The summed E-state index contributed by atoms with van der Waals surface area (Å²) in [6, 6.07) is 5.22. The lowest BCUT2D eigenvalue weighted by atomic mass is 10.0. The molecule has 4 amide bonds. The summed E-state index contributed by atoms with van der Waals surface area (Å²) in [6.45, 7) is 6.51. The van der Waals surface area contributed by atoms with E-state index in [0.29, 0.717) is 44.4 Å². The van der Waals surface area contributed by atoms with Crippen molar-refractivity contribution < 1.29 is 38.6 Å². The third-order valence-corrected chi connectivity index (χ3v) is 6.25. The van der Waals surface area contributed by atoms with Crippen molar-refractivity contribution in [1.29, 1.82) is 0 Å². The van der Waals surface area contributed by atoms with Gasteiger partial charge in [-0.15, -0.1) is 0 Å². The number of nitrogens with one attached hydrogen (secondary N) is 4. The van der Waals surface area contributed by atoms with E-state index in [0.717, 1.165) is 18.4 Å². The lowest BCUT2D eigenvalue weighted by Gasteiger charge is -2.25. The van der Waals surface area contributed by atoms with Crippen molar-refractivity contribution in [3.63, 3.8) is 0 Å². The molecular formula is C29H44N4O8. The fourth-order valence-corrected chi connectivity index (χ4v) is 3.89. The first-order valence-electron chi connectivity index (χ1n) is 14.1. The summed E-state index contributed by atoms with van der Waals surface area (Å²) in [7, 11) is 0. The molecule has 0 saturated heterocycles. The van der Waals surface area contributed by atoms with Crippen LogP contribution in [0.5, 0.6) is 0 Å². The summed E-state index contributed by atoms with van der Waals surface area (Å²) in [5.74, 6) is -2.64. The summed E-state index contributed by atoms with van der Waals surface area (Å²) in [5, 5.41) is 19.6. The van der Waals surface area contributed by atoms with E-state index in [1.807, 2.05) is 20.8 Å². The molecule has 1 aromatic carbocycles. The molecule has 228 valence electrons. The van der Waals surface area contributed by atoms with E-state index >= 15 is 0 Å². The molecule has 0 aliphatic rings. The van der Waals surface area contributed by atoms with Crippen molar-refractivity contribution in [3.8, 4) is 0 Å². The number of aliphatic carboxylic acids is 1. The number of unbranched alkanes of at least 4 members (excludes halogenated alkanes) is 3. The van der Waals surface area contributed by atoms with Crippen molar-refractivity contribution in [2.24, 2.45) is 5.92 Å². The highest BCUT2D eigenvalue weighted by atomic mass is 16.5. The predicted octanol–water partition coefficient (Wildman–Crippen LogP) is 2.66. The van der Waals surface area contributed by atoms with Crippen LogP contribution in [0.2, 0.25) is 0 Å². The Morgan fingerprint density at radius 1 is 0.878 bits per heavy atom. The zero-order valence-electron chi connectivity index (χ0n) is 24.2. The van der Waals surface area contributed by atoms with Crippen molar-refractivity contribution in [1.82, 2.24) is 16.0 Å². The van der Waals surface area contributed by atoms with E-state index in [1.54, 1.807) is 24.3 Å². The van der Waals surface area contributed by atoms with Gasteiger partial charge in [-0.1, -0.05) is 52.2 Å². The van der Waals surface area contributed by atoms with Crippen LogP contribution in [0.15, 0.2) is 24.3 Å². The fraction of sp³-hybridized carbons (Fsp3) is 0.586. The van der Waals surface area contributed by atoms with Crippen molar-refractivity contribution >= 4 is 41.8 Å². The van der Waals surface area contributed by atoms with Crippen LogP contribution in [0.25, 0.3) is 0 Å². The monoisotopic (exact) mass is 576 g/mol. The van der Waals surface area contributed by atoms with Gasteiger partial charge >= 0.3 is 5.97 Å². The highest BCUT2D eigenvalue weighted by Crippen LogP contribution is 2.13. The second-order valence-corrected chi connectivity index (χ2v) is 10.1. The lowest BCUT2D eigenvalue weighted by Crippen LogP contribution is -2.54. The SMILES string of the molecule is CCCC[C@H](NC(=O)C(NC(=O)CCCCCNC(=O)CCC(=O)O)C(C)C)C(=O)Nc1ccc(COC=O)cc1. The van der Waals surface area contributed by atoms with Crippen molar-refractivity contribution in [3.05, 3.63) is 29.8 Å². The second kappa shape index (κ2) is 20.0. The Labute approximate surface area is 241 Å². The molecule has 0 saturated carbocycles. The quantitative estimate of drug-likeness (QED) is 0.109. The number of rotatable bonds is 21. The number of amides is 4. The van der Waals surface area contributed by atoms with Gasteiger partial charge in [0, 0.05) is 25.1 Å². The molecular weight excluding hydrogens is 532 g/mol. The normalized spacial score (nSPS) is 12.1. The third-order valence-electron chi connectivity index (χ3n) is 6.25. The summed E-state index contributed by atoms with van der Waals surface area (Å²) in [5.41, 5.74) is 1.30. The Bertz CT molecular complexity index is 997. The largest absolute Gasteiger partial charge is 0.481 e. The van der Waals surface area contributed by atoms with Gasteiger partial charge in [-0.2, -0.15) is 0 Å². The number of carbonyl (C=O) groups is 6. The van der Waals surface area contributed by atoms with Gasteiger partial charge in [-0.3, -0.25) is 28.8 Å². The van der Waals surface area contributed by atoms with Gasteiger partial charge in [0.05, 0.1) is 6.42 Å². The van der Waals surface area contributed by atoms with Crippen molar-refractivity contribution in [2.75, 3.05) is 11.9 Å². The van der Waals surface area contributed by atoms with E-state index < -0.39 is 24.0 Å². The maximum Gasteiger partial charge on any atom is 0.303 e. The van der Waals surface area contributed by atoms with Gasteiger partial charge in [-0.05, 0) is 42.9 Å². The molecule has 0 radical (unpaired) electrons. The summed E-state index contributed by atoms with van der Waals surface area (Å²) >= 11 is 0. The van der Waals surface area contributed by atoms with Crippen LogP contribution in [0.1, 0.15) is 84.1 Å². The van der Waals surface area contributed by atoms with Crippen LogP contribution in [-0.2, 0) is 40.1 Å². The van der Waals surface area contributed by atoms with Gasteiger partial charge in [-0.25, -0.2) is 0 Å². The minimum Gasteiger partial charge on any atom is -0.481 e. The molecule has 12 nitrogen and oxygen atoms in total. The van der Waals surface area contributed by atoms with Crippen LogP contribution < -0.4 is 21.3 Å². The maximum absolute atomic E-state index is 13.1. The van der Waals surface area contributed by atoms with Crippen LogP contribution >= 0.6 is 0 Å². The molecule has 0 spiro atoms. The number of carboxylic acid groups (broad SMARTS) is 1. The molecule has 0 aromatic heterocycles. The first-order valence-corrected chi connectivity index (χ1v) is 14.1. The molecule has 2 atom stereocenters. The average Bonchev–Trinajstić information content (AvgIpc) is 2.93. The van der Waals surface area contributed by atoms with E-state index in [9.17, 15) is 28.8 Å². The Morgan fingerprint density at radius 3 is 2.20 bits per heavy atom. The molecule has 12 heteroatoms. The average molecular weight is 577 g/mol. The minimum absolute atomic E-state index is 0.0658. The smallest absolute Gasteiger partial charge is 0.303 e. The van der Waals surface area contributed by atoms with Gasteiger partial charge in [0.1, 0.15) is 18.7 Å². The number of carboxylic acids is 1. The van der Waals surface area contributed by atoms with Gasteiger partial charge < -0.3 is 31.1 Å². The van der Waals surface area contributed by atoms with E-state index in [1.165, 1.54) is 0 Å². The number of hydrogen-bond acceptors (Lipinski definition) is 7. The molecule has 0 aliphatic carbocycles. The number of carbonyl (C=O) groups excluding carboxylic acids is 5. The number of hydrogen-bond donors (Lipinski definition) is 5. The summed E-state index contributed by atoms with van der Waals surface area (Å²) < 4.78 is 4.72. The topological polar surface area (TPSA) is 180 Å². The van der Waals surface area contributed by atoms with Crippen LogP contribution in [0, 0.1) is 5.92 Å². The first-order chi connectivity index (χ1) is 19.6. The Morgan fingerprint density at radius 2 is 1.59 bits per heavy atom. The molecule has 5 N–H and O–H groups in total.